The van der Waals surface area contributed by atoms with Crippen molar-refractivity contribution >= 4 is 0 Å². The molecule has 0 spiro atoms. The lowest BCUT2D eigenvalue weighted by Gasteiger charge is -2.22. The zero-order valence-electron chi connectivity index (χ0n) is 8.89. The summed E-state index contributed by atoms with van der Waals surface area (Å²) in [6.07, 6.45) is 2.03. The van der Waals surface area contributed by atoms with Crippen LogP contribution in [-0.2, 0) is 4.74 Å². The first-order valence-electron chi connectivity index (χ1n) is 4.92. The zero-order chi connectivity index (χ0) is 10.2. The Morgan fingerprint density at radius 1 is 1.38 bits per heavy atom. The molecule has 0 heterocycles. The van der Waals surface area contributed by atoms with Crippen molar-refractivity contribution in [1.29, 1.82) is 5.26 Å². The van der Waals surface area contributed by atoms with E-state index >= 15 is 0 Å². The fraction of sp³-hybridized carbons (Fsp3) is 0.900. The highest BCUT2D eigenvalue weighted by Crippen LogP contribution is 2.02. The Morgan fingerprint density at radius 2 is 2.08 bits per heavy atom. The van der Waals surface area contributed by atoms with Crippen molar-refractivity contribution in [2.45, 2.75) is 39.2 Å². The Labute approximate surface area is 81.1 Å². The van der Waals surface area contributed by atoms with E-state index in [4.69, 9.17) is 10.00 Å². The SMILES string of the molecule is CCCNC(C)(C#N)COCCC. The van der Waals surface area contributed by atoms with Gasteiger partial charge in [0.25, 0.3) is 0 Å². The van der Waals surface area contributed by atoms with Crippen LogP contribution in [-0.4, -0.2) is 25.3 Å². The Morgan fingerprint density at radius 3 is 2.54 bits per heavy atom. The van der Waals surface area contributed by atoms with Crippen LogP contribution in [0.5, 0.6) is 0 Å². The number of ether oxygens (including phenoxy) is 1. The monoisotopic (exact) mass is 184 g/mol. The van der Waals surface area contributed by atoms with Crippen LogP contribution in [0.4, 0.5) is 0 Å². The minimum absolute atomic E-state index is 0.470. The minimum atomic E-state index is -0.523. The lowest BCUT2D eigenvalue weighted by atomic mass is 10.1. The average Bonchev–Trinajstić information content (AvgIpc) is 2.15. The van der Waals surface area contributed by atoms with Crippen LogP contribution in [0.1, 0.15) is 33.6 Å². The van der Waals surface area contributed by atoms with Crippen LogP contribution in [0, 0.1) is 11.3 Å². The molecule has 0 aromatic carbocycles. The number of nitriles is 1. The zero-order valence-corrected chi connectivity index (χ0v) is 8.89. The molecule has 0 aliphatic carbocycles. The van der Waals surface area contributed by atoms with Gasteiger partial charge in [-0.1, -0.05) is 13.8 Å². The summed E-state index contributed by atoms with van der Waals surface area (Å²) >= 11 is 0. The molecular formula is C10H20N2O. The molecule has 0 aliphatic rings. The molecule has 0 aliphatic heterocycles. The fourth-order valence-electron chi connectivity index (χ4n) is 0.944. The quantitative estimate of drug-likeness (QED) is 0.612. The molecule has 0 saturated carbocycles. The van der Waals surface area contributed by atoms with Gasteiger partial charge in [-0.05, 0) is 26.3 Å². The Bertz CT molecular complexity index is 165. The van der Waals surface area contributed by atoms with E-state index in [1.165, 1.54) is 0 Å². The van der Waals surface area contributed by atoms with Gasteiger partial charge in [0, 0.05) is 6.61 Å². The van der Waals surface area contributed by atoms with Gasteiger partial charge in [0.1, 0.15) is 5.54 Å². The smallest absolute Gasteiger partial charge is 0.127 e. The highest BCUT2D eigenvalue weighted by Gasteiger charge is 2.22. The second kappa shape index (κ2) is 6.88. The van der Waals surface area contributed by atoms with Crippen molar-refractivity contribution < 1.29 is 4.74 Å². The lowest BCUT2D eigenvalue weighted by Crippen LogP contribution is -2.45. The summed E-state index contributed by atoms with van der Waals surface area (Å²) in [4.78, 5) is 0. The summed E-state index contributed by atoms with van der Waals surface area (Å²) < 4.78 is 5.35. The van der Waals surface area contributed by atoms with Crippen LogP contribution in [0.25, 0.3) is 0 Å². The van der Waals surface area contributed by atoms with E-state index in [0.717, 1.165) is 26.0 Å². The first-order chi connectivity index (χ1) is 6.18. The van der Waals surface area contributed by atoms with E-state index in [-0.39, 0.29) is 0 Å². The molecule has 3 heteroatoms. The molecule has 76 valence electrons. The predicted octanol–water partition coefficient (Wildman–Crippen LogP) is 1.69. The van der Waals surface area contributed by atoms with Crippen molar-refractivity contribution in [1.82, 2.24) is 5.32 Å². The van der Waals surface area contributed by atoms with Crippen molar-refractivity contribution in [2.24, 2.45) is 0 Å². The standard InChI is InChI=1S/C10H20N2O/c1-4-6-12-10(3,8-11)9-13-7-5-2/h12H,4-7,9H2,1-3H3. The molecule has 0 fully saturated rings. The van der Waals surface area contributed by atoms with Crippen LogP contribution < -0.4 is 5.32 Å². The summed E-state index contributed by atoms with van der Waals surface area (Å²) in [5.74, 6) is 0. The summed E-state index contributed by atoms with van der Waals surface area (Å²) in [7, 11) is 0. The molecular weight excluding hydrogens is 164 g/mol. The van der Waals surface area contributed by atoms with Crippen molar-refractivity contribution in [2.75, 3.05) is 19.8 Å². The molecule has 0 bridgehead atoms. The number of hydrogen-bond acceptors (Lipinski definition) is 3. The van der Waals surface area contributed by atoms with Gasteiger partial charge in [0.2, 0.25) is 0 Å². The van der Waals surface area contributed by atoms with Crippen LogP contribution >= 0.6 is 0 Å². The summed E-state index contributed by atoms with van der Waals surface area (Å²) in [6, 6.07) is 2.24. The second-order valence-corrected chi connectivity index (χ2v) is 3.42. The highest BCUT2D eigenvalue weighted by molar-refractivity contribution is 5.03. The third-order valence-electron chi connectivity index (χ3n) is 1.75. The molecule has 13 heavy (non-hydrogen) atoms. The maximum atomic E-state index is 8.92. The predicted molar refractivity (Wildman–Crippen MR) is 53.4 cm³/mol. The Balaban J connectivity index is 3.76. The van der Waals surface area contributed by atoms with Crippen molar-refractivity contribution in [3.8, 4) is 6.07 Å². The number of nitrogens with one attached hydrogen (secondary N) is 1. The maximum absolute atomic E-state index is 8.92. The maximum Gasteiger partial charge on any atom is 0.127 e. The number of nitrogens with zero attached hydrogens (tertiary/aromatic N) is 1. The van der Waals surface area contributed by atoms with Gasteiger partial charge in [-0.25, -0.2) is 0 Å². The van der Waals surface area contributed by atoms with Gasteiger partial charge in [-0.2, -0.15) is 5.26 Å². The molecule has 1 atom stereocenters. The fourth-order valence-corrected chi connectivity index (χ4v) is 0.944. The first kappa shape index (κ1) is 12.4. The van der Waals surface area contributed by atoms with E-state index in [1.807, 2.05) is 6.92 Å². The molecule has 0 saturated heterocycles. The summed E-state index contributed by atoms with van der Waals surface area (Å²) in [5, 5.41) is 12.1. The van der Waals surface area contributed by atoms with E-state index in [9.17, 15) is 0 Å². The Hall–Kier alpha value is -0.590. The van der Waals surface area contributed by atoms with E-state index in [1.54, 1.807) is 0 Å². The Kier molecular flexibility index (Phi) is 6.56. The van der Waals surface area contributed by atoms with Crippen LogP contribution in [0.3, 0.4) is 0 Å². The molecule has 0 amide bonds. The average molecular weight is 184 g/mol. The van der Waals surface area contributed by atoms with Gasteiger partial charge in [-0.3, -0.25) is 5.32 Å². The molecule has 3 nitrogen and oxygen atoms in total. The molecule has 0 rings (SSSR count). The van der Waals surface area contributed by atoms with E-state index < -0.39 is 5.54 Å². The van der Waals surface area contributed by atoms with E-state index in [0.29, 0.717) is 6.61 Å². The normalized spacial score (nSPS) is 14.9. The number of hydrogen-bond donors (Lipinski definition) is 1. The third-order valence-corrected chi connectivity index (χ3v) is 1.75. The molecule has 0 aromatic rings. The molecule has 0 radical (unpaired) electrons. The largest absolute Gasteiger partial charge is 0.378 e. The summed E-state index contributed by atoms with van der Waals surface area (Å²) in [6.45, 7) is 8.07. The lowest BCUT2D eigenvalue weighted by molar-refractivity contribution is 0.0960. The van der Waals surface area contributed by atoms with Crippen LogP contribution in [0.2, 0.25) is 0 Å². The van der Waals surface area contributed by atoms with Crippen molar-refractivity contribution in [3.05, 3.63) is 0 Å². The van der Waals surface area contributed by atoms with Gasteiger partial charge < -0.3 is 4.74 Å². The molecule has 0 aromatic heterocycles. The topological polar surface area (TPSA) is 45.0 Å². The van der Waals surface area contributed by atoms with Gasteiger partial charge in [0.15, 0.2) is 0 Å². The van der Waals surface area contributed by atoms with Gasteiger partial charge >= 0.3 is 0 Å². The van der Waals surface area contributed by atoms with Gasteiger partial charge in [-0.15, -0.1) is 0 Å². The summed E-state index contributed by atoms with van der Waals surface area (Å²) in [5.41, 5.74) is -0.523. The van der Waals surface area contributed by atoms with E-state index in [2.05, 4.69) is 25.2 Å². The van der Waals surface area contributed by atoms with Gasteiger partial charge in [0.05, 0.1) is 12.7 Å². The minimum Gasteiger partial charge on any atom is -0.378 e. The number of rotatable bonds is 7. The third kappa shape index (κ3) is 5.62. The molecule has 1 unspecified atom stereocenters. The second-order valence-electron chi connectivity index (χ2n) is 3.42. The van der Waals surface area contributed by atoms with Crippen LogP contribution in [0.15, 0.2) is 0 Å². The van der Waals surface area contributed by atoms with Crippen molar-refractivity contribution in [3.63, 3.8) is 0 Å². The first-order valence-corrected chi connectivity index (χ1v) is 4.92. The molecule has 1 N–H and O–H groups in total. The highest BCUT2D eigenvalue weighted by atomic mass is 16.5.